The summed E-state index contributed by atoms with van der Waals surface area (Å²) in [5.41, 5.74) is 0.848. The lowest BCUT2D eigenvalue weighted by molar-refractivity contribution is 0.596. The van der Waals surface area contributed by atoms with Gasteiger partial charge in [-0.25, -0.2) is 8.78 Å². The van der Waals surface area contributed by atoms with Crippen LogP contribution >= 0.6 is 15.9 Å². The quantitative estimate of drug-likeness (QED) is 0.850. The number of hydrogen-bond donors (Lipinski definition) is 1. The van der Waals surface area contributed by atoms with Crippen LogP contribution in [0.15, 0.2) is 46.9 Å². The average Bonchev–Trinajstić information content (AvgIpc) is 2.34. The lowest BCUT2D eigenvalue weighted by Crippen LogP contribution is -2.10. The molecule has 4 heteroatoms. The number of anilines is 1. The highest BCUT2D eigenvalue weighted by Gasteiger charge is 2.13. The molecule has 0 aliphatic carbocycles. The number of nitrogens with one attached hydrogen (secondary N) is 1. The minimum Gasteiger partial charge on any atom is -0.375 e. The van der Waals surface area contributed by atoms with E-state index in [1.54, 1.807) is 37.3 Å². The molecule has 0 aliphatic rings. The molecule has 0 saturated heterocycles. The highest BCUT2D eigenvalue weighted by Crippen LogP contribution is 2.29. The van der Waals surface area contributed by atoms with E-state index >= 15 is 0 Å². The molecule has 18 heavy (non-hydrogen) atoms. The Morgan fingerprint density at radius 1 is 1.00 bits per heavy atom. The second-order valence-corrected chi connectivity index (χ2v) is 4.84. The van der Waals surface area contributed by atoms with Crippen molar-refractivity contribution in [3.8, 4) is 0 Å². The van der Waals surface area contributed by atoms with Crippen LogP contribution in [-0.4, -0.2) is 0 Å². The predicted octanol–water partition coefficient (Wildman–Crippen LogP) is 4.90. The summed E-state index contributed by atoms with van der Waals surface area (Å²) in [6, 6.07) is 10.8. The molecule has 0 amide bonds. The van der Waals surface area contributed by atoms with Gasteiger partial charge >= 0.3 is 0 Å². The van der Waals surface area contributed by atoms with E-state index < -0.39 is 0 Å². The van der Waals surface area contributed by atoms with Gasteiger partial charge in [0.25, 0.3) is 0 Å². The number of benzene rings is 2. The number of rotatable bonds is 3. The fourth-order valence-corrected chi connectivity index (χ4v) is 2.21. The third-order valence-electron chi connectivity index (χ3n) is 2.70. The van der Waals surface area contributed by atoms with Crippen molar-refractivity contribution in [2.24, 2.45) is 0 Å². The van der Waals surface area contributed by atoms with Gasteiger partial charge in [-0.05, 0) is 41.1 Å². The highest BCUT2D eigenvalue weighted by atomic mass is 79.9. The first-order chi connectivity index (χ1) is 8.59. The van der Waals surface area contributed by atoms with E-state index in [9.17, 15) is 8.78 Å². The first kappa shape index (κ1) is 13.0. The minimum absolute atomic E-state index is 0.301. The van der Waals surface area contributed by atoms with Crippen molar-refractivity contribution in [3.05, 3.63) is 64.1 Å². The van der Waals surface area contributed by atoms with Crippen molar-refractivity contribution in [1.82, 2.24) is 0 Å². The van der Waals surface area contributed by atoms with Crippen LogP contribution in [0.4, 0.5) is 14.5 Å². The summed E-state index contributed by atoms with van der Waals surface area (Å²) in [6.45, 7) is 1.79. The van der Waals surface area contributed by atoms with E-state index in [1.807, 2.05) is 0 Å². The number of hydrogen-bond acceptors (Lipinski definition) is 1. The zero-order chi connectivity index (χ0) is 13.1. The van der Waals surface area contributed by atoms with Gasteiger partial charge < -0.3 is 5.32 Å². The third kappa shape index (κ3) is 2.70. The van der Waals surface area contributed by atoms with Gasteiger partial charge in [0.15, 0.2) is 0 Å². The van der Waals surface area contributed by atoms with Crippen LogP contribution in [0.3, 0.4) is 0 Å². The summed E-state index contributed by atoms with van der Waals surface area (Å²) in [4.78, 5) is 0. The van der Waals surface area contributed by atoms with Gasteiger partial charge in [-0.2, -0.15) is 0 Å². The van der Waals surface area contributed by atoms with Crippen molar-refractivity contribution in [2.45, 2.75) is 13.0 Å². The van der Waals surface area contributed by atoms with Crippen LogP contribution in [-0.2, 0) is 0 Å². The molecule has 94 valence electrons. The number of halogens is 3. The van der Waals surface area contributed by atoms with E-state index in [2.05, 4.69) is 21.2 Å². The Kier molecular flexibility index (Phi) is 3.97. The highest BCUT2D eigenvalue weighted by molar-refractivity contribution is 9.10. The van der Waals surface area contributed by atoms with E-state index in [4.69, 9.17) is 0 Å². The smallest absolute Gasteiger partial charge is 0.147 e. The summed E-state index contributed by atoms with van der Waals surface area (Å²) < 4.78 is 27.9. The maximum atomic E-state index is 13.6. The average molecular weight is 312 g/mol. The Hall–Kier alpha value is -1.42. The second-order valence-electron chi connectivity index (χ2n) is 3.98. The van der Waals surface area contributed by atoms with Gasteiger partial charge in [-0.1, -0.05) is 24.3 Å². The molecular weight excluding hydrogens is 300 g/mol. The Morgan fingerprint density at radius 3 is 2.33 bits per heavy atom. The molecule has 0 spiro atoms. The predicted molar refractivity (Wildman–Crippen MR) is 72.5 cm³/mol. The molecule has 2 aromatic rings. The summed E-state index contributed by atoms with van der Waals surface area (Å²) in [7, 11) is 0. The van der Waals surface area contributed by atoms with E-state index in [0.717, 1.165) is 0 Å². The zero-order valence-corrected chi connectivity index (χ0v) is 11.3. The fourth-order valence-electron chi connectivity index (χ4n) is 1.76. The molecule has 1 unspecified atom stereocenters. The van der Waals surface area contributed by atoms with Crippen molar-refractivity contribution in [1.29, 1.82) is 0 Å². The summed E-state index contributed by atoms with van der Waals surface area (Å²) in [6.07, 6.45) is 0. The minimum atomic E-state index is -0.368. The molecule has 1 nitrogen and oxygen atoms in total. The van der Waals surface area contributed by atoms with Gasteiger partial charge in [0.05, 0.1) is 11.7 Å². The Bertz CT molecular complexity index is 537. The molecule has 0 aliphatic heterocycles. The van der Waals surface area contributed by atoms with E-state index in [0.29, 0.717) is 15.7 Å². The van der Waals surface area contributed by atoms with Crippen LogP contribution in [0.5, 0.6) is 0 Å². The monoisotopic (exact) mass is 311 g/mol. The molecule has 0 fully saturated rings. The van der Waals surface area contributed by atoms with Crippen LogP contribution in [0.2, 0.25) is 0 Å². The molecule has 1 N–H and O–H groups in total. The third-order valence-corrected chi connectivity index (χ3v) is 3.36. The van der Waals surface area contributed by atoms with Crippen LogP contribution < -0.4 is 5.32 Å². The summed E-state index contributed by atoms with van der Waals surface area (Å²) >= 11 is 3.27. The summed E-state index contributed by atoms with van der Waals surface area (Å²) in [5.74, 6) is -0.669. The van der Waals surface area contributed by atoms with Gasteiger partial charge in [-0.3, -0.25) is 0 Å². The number of para-hydroxylation sites is 1. The molecule has 2 rings (SSSR count). The van der Waals surface area contributed by atoms with Crippen LogP contribution in [0.25, 0.3) is 0 Å². The standard InChI is InChI=1S/C14H12BrF2N/c1-9(10-5-2-3-7-12(10)16)18-14-11(15)6-4-8-13(14)17/h2-9,18H,1H3. The summed E-state index contributed by atoms with van der Waals surface area (Å²) in [5, 5.41) is 2.97. The second kappa shape index (κ2) is 5.48. The van der Waals surface area contributed by atoms with Crippen molar-refractivity contribution >= 4 is 21.6 Å². The fraction of sp³-hybridized carbons (Fsp3) is 0.143. The maximum Gasteiger partial charge on any atom is 0.147 e. The lowest BCUT2D eigenvalue weighted by Gasteiger charge is -2.17. The largest absolute Gasteiger partial charge is 0.375 e. The topological polar surface area (TPSA) is 12.0 Å². The zero-order valence-electron chi connectivity index (χ0n) is 9.75. The first-order valence-corrected chi connectivity index (χ1v) is 6.34. The maximum absolute atomic E-state index is 13.6. The van der Waals surface area contributed by atoms with Crippen LogP contribution in [0.1, 0.15) is 18.5 Å². The Labute approximate surface area is 113 Å². The molecule has 0 saturated carbocycles. The first-order valence-electron chi connectivity index (χ1n) is 5.54. The normalized spacial score (nSPS) is 12.2. The van der Waals surface area contributed by atoms with E-state index in [1.165, 1.54) is 12.1 Å². The van der Waals surface area contributed by atoms with E-state index in [-0.39, 0.29) is 17.7 Å². The molecular formula is C14H12BrF2N. The lowest BCUT2D eigenvalue weighted by atomic mass is 10.1. The molecule has 2 aromatic carbocycles. The van der Waals surface area contributed by atoms with Gasteiger partial charge in [0.2, 0.25) is 0 Å². The Morgan fingerprint density at radius 2 is 1.67 bits per heavy atom. The molecule has 0 heterocycles. The molecule has 1 atom stereocenters. The Balaban J connectivity index is 2.27. The SMILES string of the molecule is CC(Nc1c(F)cccc1Br)c1ccccc1F. The van der Waals surface area contributed by atoms with Crippen molar-refractivity contribution < 1.29 is 8.78 Å². The van der Waals surface area contributed by atoms with Crippen LogP contribution in [0, 0.1) is 11.6 Å². The van der Waals surface area contributed by atoms with Gasteiger partial charge in [0.1, 0.15) is 11.6 Å². The van der Waals surface area contributed by atoms with Gasteiger partial charge in [0, 0.05) is 10.0 Å². The molecule has 0 radical (unpaired) electrons. The molecule has 0 bridgehead atoms. The van der Waals surface area contributed by atoms with Crippen molar-refractivity contribution in [3.63, 3.8) is 0 Å². The van der Waals surface area contributed by atoms with Crippen molar-refractivity contribution in [2.75, 3.05) is 5.32 Å². The van der Waals surface area contributed by atoms with Gasteiger partial charge in [-0.15, -0.1) is 0 Å². The molecule has 0 aromatic heterocycles.